The Labute approximate surface area is 110 Å². The molecule has 0 radical (unpaired) electrons. The van der Waals surface area contributed by atoms with Crippen LogP contribution in [0.1, 0.15) is 6.42 Å². The van der Waals surface area contributed by atoms with Crippen molar-refractivity contribution in [2.45, 2.75) is 12.5 Å². The Kier molecular flexibility index (Phi) is 6.34. The van der Waals surface area contributed by atoms with Crippen LogP contribution in [-0.2, 0) is 23.4 Å². The van der Waals surface area contributed by atoms with E-state index in [0.29, 0.717) is 13.0 Å². The second-order valence-corrected chi connectivity index (χ2v) is 8.27. The SMILES string of the molecule is CS(=O)(=O)Cl.CS(=O)(=O)O[C@@H]1CCN(C(=O)O)C1. The first-order valence-corrected chi connectivity index (χ1v) is 9.17. The molecule has 108 valence electrons. The number of hydrogen-bond acceptors (Lipinski definition) is 6. The summed E-state index contributed by atoms with van der Waals surface area (Å²) in [6.07, 6.45) is 0.746. The predicted octanol–water partition coefficient (Wildman–Crippen LogP) is -0.100. The summed E-state index contributed by atoms with van der Waals surface area (Å²) in [6, 6.07) is 0. The van der Waals surface area contributed by atoms with E-state index in [9.17, 15) is 21.6 Å². The fourth-order valence-corrected chi connectivity index (χ4v) is 1.88. The first kappa shape index (κ1) is 17.4. The molecule has 0 spiro atoms. The van der Waals surface area contributed by atoms with E-state index < -0.39 is 31.4 Å². The van der Waals surface area contributed by atoms with E-state index in [-0.39, 0.29) is 6.54 Å². The van der Waals surface area contributed by atoms with Crippen molar-refractivity contribution in [2.75, 3.05) is 25.6 Å². The van der Waals surface area contributed by atoms with Crippen LogP contribution in [0.2, 0.25) is 0 Å². The summed E-state index contributed by atoms with van der Waals surface area (Å²) in [5, 5.41) is 8.55. The molecule has 1 aliphatic heterocycles. The van der Waals surface area contributed by atoms with Gasteiger partial charge in [-0.2, -0.15) is 8.42 Å². The Morgan fingerprint density at radius 2 is 1.78 bits per heavy atom. The van der Waals surface area contributed by atoms with Crippen LogP contribution in [0, 0.1) is 0 Å². The van der Waals surface area contributed by atoms with Gasteiger partial charge in [0.15, 0.2) is 0 Å². The largest absolute Gasteiger partial charge is 0.465 e. The molecule has 1 aliphatic rings. The molecule has 1 atom stereocenters. The molecule has 0 aromatic rings. The van der Waals surface area contributed by atoms with Crippen molar-refractivity contribution < 1.29 is 30.9 Å². The first-order chi connectivity index (χ1) is 7.88. The molecular formula is C7H14ClNO7S2. The molecule has 18 heavy (non-hydrogen) atoms. The molecule has 1 heterocycles. The maximum Gasteiger partial charge on any atom is 0.407 e. The van der Waals surface area contributed by atoms with Gasteiger partial charge in [0.25, 0.3) is 10.1 Å². The Morgan fingerprint density at radius 1 is 1.33 bits per heavy atom. The highest BCUT2D eigenvalue weighted by Crippen LogP contribution is 2.14. The minimum Gasteiger partial charge on any atom is -0.465 e. The summed E-state index contributed by atoms with van der Waals surface area (Å²) >= 11 is 0. The smallest absolute Gasteiger partial charge is 0.407 e. The maximum atomic E-state index is 10.7. The lowest BCUT2D eigenvalue weighted by molar-refractivity contribution is 0.146. The lowest BCUT2D eigenvalue weighted by Crippen LogP contribution is -2.29. The third-order valence-electron chi connectivity index (χ3n) is 1.73. The van der Waals surface area contributed by atoms with Crippen LogP contribution in [0.4, 0.5) is 4.79 Å². The van der Waals surface area contributed by atoms with Crippen molar-refractivity contribution in [1.29, 1.82) is 0 Å². The van der Waals surface area contributed by atoms with E-state index in [1.165, 1.54) is 0 Å². The minimum absolute atomic E-state index is 0.127. The van der Waals surface area contributed by atoms with Crippen molar-refractivity contribution in [3.63, 3.8) is 0 Å². The average Bonchev–Trinajstić information content (AvgIpc) is 2.45. The third kappa shape index (κ3) is 10.6. The van der Waals surface area contributed by atoms with Crippen molar-refractivity contribution in [3.05, 3.63) is 0 Å². The van der Waals surface area contributed by atoms with Gasteiger partial charge in [0, 0.05) is 17.2 Å². The molecule has 0 bridgehead atoms. The number of nitrogens with zero attached hydrogens (tertiary/aromatic N) is 1. The first-order valence-electron chi connectivity index (χ1n) is 4.64. The zero-order valence-electron chi connectivity index (χ0n) is 9.74. The molecule has 0 aromatic carbocycles. The van der Waals surface area contributed by atoms with Gasteiger partial charge in [-0.05, 0) is 6.42 Å². The molecule has 1 N–H and O–H groups in total. The molecule has 0 aliphatic carbocycles. The van der Waals surface area contributed by atoms with E-state index in [1.807, 2.05) is 0 Å². The number of halogens is 1. The Bertz CT molecular complexity index is 478. The number of rotatable bonds is 2. The van der Waals surface area contributed by atoms with Crippen LogP contribution in [0.3, 0.4) is 0 Å². The van der Waals surface area contributed by atoms with E-state index in [2.05, 4.69) is 14.9 Å². The minimum atomic E-state index is -3.48. The van der Waals surface area contributed by atoms with Crippen molar-refractivity contribution in [3.8, 4) is 0 Å². The molecule has 1 amide bonds. The van der Waals surface area contributed by atoms with Gasteiger partial charge in [-0.3, -0.25) is 4.18 Å². The Balaban J connectivity index is 0.000000494. The summed E-state index contributed by atoms with van der Waals surface area (Å²) in [4.78, 5) is 11.6. The van der Waals surface area contributed by atoms with Gasteiger partial charge in [-0.15, -0.1) is 0 Å². The summed E-state index contributed by atoms with van der Waals surface area (Å²) < 4.78 is 44.8. The topological polar surface area (TPSA) is 118 Å². The fraction of sp³-hybridized carbons (Fsp3) is 0.857. The zero-order valence-corrected chi connectivity index (χ0v) is 12.1. The van der Waals surface area contributed by atoms with Crippen LogP contribution in [0.15, 0.2) is 0 Å². The summed E-state index contributed by atoms with van der Waals surface area (Å²) in [6.45, 7) is 0.456. The number of amides is 1. The lowest BCUT2D eigenvalue weighted by atomic mass is 10.3. The van der Waals surface area contributed by atoms with Crippen molar-refractivity contribution in [2.24, 2.45) is 0 Å². The van der Waals surface area contributed by atoms with E-state index in [1.54, 1.807) is 0 Å². The van der Waals surface area contributed by atoms with Crippen LogP contribution in [0.5, 0.6) is 0 Å². The quantitative estimate of drug-likeness (QED) is 0.556. The molecule has 8 nitrogen and oxygen atoms in total. The highest BCUT2D eigenvalue weighted by Gasteiger charge is 2.28. The van der Waals surface area contributed by atoms with Crippen molar-refractivity contribution in [1.82, 2.24) is 4.90 Å². The fourth-order valence-electron chi connectivity index (χ4n) is 1.23. The van der Waals surface area contributed by atoms with Gasteiger partial charge in [0.2, 0.25) is 9.05 Å². The zero-order chi connectivity index (χ0) is 14.6. The number of likely N-dealkylation sites (tertiary alicyclic amines) is 1. The van der Waals surface area contributed by atoms with Gasteiger partial charge in [-0.25, -0.2) is 13.2 Å². The molecule has 1 fully saturated rings. The number of hydrogen-bond donors (Lipinski definition) is 1. The van der Waals surface area contributed by atoms with Crippen LogP contribution >= 0.6 is 10.7 Å². The van der Waals surface area contributed by atoms with Crippen molar-refractivity contribution >= 4 is 35.9 Å². The monoisotopic (exact) mass is 323 g/mol. The summed E-state index contributed by atoms with van der Waals surface area (Å²) in [7, 11) is -2.17. The van der Waals surface area contributed by atoms with Crippen LogP contribution < -0.4 is 0 Å². The molecule has 1 rings (SSSR count). The molecule has 0 aromatic heterocycles. The molecular weight excluding hydrogens is 310 g/mol. The second kappa shape index (κ2) is 6.55. The van der Waals surface area contributed by atoms with Gasteiger partial charge in [0.1, 0.15) is 0 Å². The molecule has 0 saturated carbocycles. The van der Waals surface area contributed by atoms with Gasteiger partial charge in [-0.1, -0.05) is 0 Å². The number of carboxylic acid groups (broad SMARTS) is 1. The molecule has 11 heteroatoms. The van der Waals surface area contributed by atoms with Gasteiger partial charge >= 0.3 is 6.09 Å². The maximum absolute atomic E-state index is 10.7. The normalized spacial score (nSPS) is 20.2. The summed E-state index contributed by atoms with van der Waals surface area (Å²) in [5.74, 6) is 0. The standard InChI is InChI=1S/C6H11NO5S.CH3ClO2S/c1-13(10,11)12-5-2-3-7(4-5)6(8)9;1-5(2,3)4/h5H,2-4H2,1H3,(H,8,9);1H3/t5-;/m1./s1. The Hall–Kier alpha value is -0.580. The van der Waals surface area contributed by atoms with E-state index >= 15 is 0 Å². The van der Waals surface area contributed by atoms with Crippen LogP contribution in [-0.4, -0.2) is 64.6 Å². The molecule has 0 unspecified atom stereocenters. The van der Waals surface area contributed by atoms with Crippen LogP contribution in [0.25, 0.3) is 0 Å². The third-order valence-corrected chi connectivity index (χ3v) is 2.35. The second-order valence-electron chi connectivity index (χ2n) is 3.62. The number of carbonyl (C=O) groups is 1. The van der Waals surface area contributed by atoms with Gasteiger partial charge in [0.05, 0.1) is 25.2 Å². The highest BCUT2D eigenvalue weighted by molar-refractivity contribution is 8.13. The molecule has 1 saturated heterocycles. The predicted molar refractivity (Wildman–Crippen MR) is 64.6 cm³/mol. The average molecular weight is 324 g/mol. The Morgan fingerprint density at radius 3 is 2.06 bits per heavy atom. The van der Waals surface area contributed by atoms with E-state index in [0.717, 1.165) is 17.4 Å². The summed E-state index contributed by atoms with van der Waals surface area (Å²) in [5.41, 5.74) is 0. The highest BCUT2D eigenvalue weighted by atomic mass is 35.7. The lowest BCUT2D eigenvalue weighted by Gasteiger charge is -2.11. The van der Waals surface area contributed by atoms with E-state index in [4.69, 9.17) is 5.11 Å². The van der Waals surface area contributed by atoms with Gasteiger partial charge < -0.3 is 10.0 Å².